The molecule has 3 aromatic rings. The number of aliphatic hydroxyl groups excluding tert-OH is 1. The zero-order valence-corrected chi connectivity index (χ0v) is 31.9. The summed E-state index contributed by atoms with van der Waals surface area (Å²) in [5.41, 5.74) is 0.675. The van der Waals surface area contributed by atoms with Crippen LogP contribution >= 0.6 is 15.9 Å². The molecule has 8 atom stereocenters. The molecule has 3 aliphatic rings. The van der Waals surface area contributed by atoms with E-state index in [1.165, 1.54) is 12.0 Å². The molecule has 0 saturated carbocycles. The summed E-state index contributed by atoms with van der Waals surface area (Å²) >= 11 is 3.74. The second-order valence-corrected chi connectivity index (χ2v) is 15.1. The Balaban J connectivity index is 1.34. The van der Waals surface area contributed by atoms with Crippen LogP contribution < -0.4 is 5.32 Å². The zero-order valence-electron chi connectivity index (χ0n) is 30.3. The predicted molar refractivity (Wildman–Crippen MR) is 202 cm³/mol. The third-order valence-electron chi connectivity index (χ3n) is 10.5. The average Bonchev–Trinajstić information content (AvgIpc) is 3.90. The number of hydrogen-bond donors (Lipinski definition) is 2. The van der Waals surface area contributed by atoms with Crippen molar-refractivity contribution in [2.75, 3.05) is 33.4 Å². The molecule has 2 bridgehead atoms. The Bertz CT molecular complexity index is 1840. The fourth-order valence-corrected chi connectivity index (χ4v) is 9.11. The minimum atomic E-state index is -1.35. The van der Waals surface area contributed by atoms with Gasteiger partial charge in [-0.2, -0.15) is 0 Å². The van der Waals surface area contributed by atoms with E-state index in [2.05, 4.69) is 44.7 Å². The second kappa shape index (κ2) is 17.4. The number of alkyl halides is 1. The number of nitrogens with one attached hydrogen (secondary N) is 1. The van der Waals surface area contributed by atoms with Crippen molar-refractivity contribution in [3.63, 3.8) is 0 Å². The first kappa shape index (κ1) is 39.3. The number of hydrogen-bond acceptors (Lipinski definition) is 10. The minimum absolute atomic E-state index is 0.0338. The van der Waals surface area contributed by atoms with Crippen molar-refractivity contribution in [3.05, 3.63) is 85.5 Å². The van der Waals surface area contributed by atoms with Gasteiger partial charge in [-0.05, 0) is 43.4 Å². The SMILES string of the molecule is C=CCCC(=O)N[C@@H](COC)[C@@H](OC(=O)[C@@H]1[C@H]2O[C@@]3(CC2Br)[C@H](C(=O)N(CC=C)Cn2nnc4ccccc42)N(CCCCO)C(=O)[C@@H]13)c1ccccc1. The van der Waals surface area contributed by atoms with E-state index < -0.39 is 47.7 Å². The number of carbonyl (C=O) groups is 4. The summed E-state index contributed by atoms with van der Waals surface area (Å²) in [6.45, 7) is 7.89. The highest BCUT2D eigenvalue weighted by molar-refractivity contribution is 9.09. The number of esters is 1. The molecule has 1 unspecified atom stereocenters. The van der Waals surface area contributed by atoms with Crippen LogP contribution in [0.15, 0.2) is 79.9 Å². The van der Waals surface area contributed by atoms with Crippen LogP contribution in [0, 0.1) is 11.8 Å². The van der Waals surface area contributed by atoms with E-state index in [0.29, 0.717) is 36.8 Å². The van der Waals surface area contributed by atoms with Crippen molar-refractivity contribution < 1.29 is 38.5 Å². The molecule has 1 spiro atoms. The van der Waals surface area contributed by atoms with Gasteiger partial charge >= 0.3 is 5.97 Å². The van der Waals surface area contributed by atoms with Gasteiger partial charge in [0, 0.05) is 38.1 Å². The van der Waals surface area contributed by atoms with Gasteiger partial charge in [-0.1, -0.05) is 75.8 Å². The number of aromatic nitrogens is 3. The number of amides is 3. The van der Waals surface area contributed by atoms with Crippen LogP contribution in [0.25, 0.3) is 11.0 Å². The van der Waals surface area contributed by atoms with E-state index in [9.17, 15) is 24.3 Å². The molecule has 2 N–H and O–H groups in total. The van der Waals surface area contributed by atoms with E-state index in [4.69, 9.17) is 14.2 Å². The van der Waals surface area contributed by atoms with Crippen LogP contribution in [0.4, 0.5) is 0 Å². The number of fused-ring (bicyclic) bond motifs is 2. The number of nitrogens with zero attached hydrogens (tertiary/aromatic N) is 5. The molecule has 54 heavy (non-hydrogen) atoms. The number of aliphatic hydroxyl groups is 1. The summed E-state index contributed by atoms with van der Waals surface area (Å²) in [5, 5.41) is 21.1. The quantitative estimate of drug-likeness (QED) is 0.0795. The Morgan fingerprint density at radius 2 is 1.91 bits per heavy atom. The number of methoxy groups -OCH3 is 1. The van der Waals surface area contributed by atoms with E-state index in [1.54, 1.807) is 33.9 Å². The van der Waals surface area contributed by atoms with Crippen molar-refractivity contribution in [2.24, 2.45) is 11.8 Å². The molecule has 0 aliphatic carbocycles. The first-order valence-electron chi connectivity index (χ1n) is 18.2. The number of unbranched alkanes of at least 4 members (excludes halogenated alkanes) is 1. The fourth-order valence-electron chi connectivity index (χ4n) is 8.17. The predicted octanol–water partition coefficient (Wildman–Crippen LogP) is 3.31. The van der Waals surface area contributed by atoms with Gasteiger partial charge in [0.1, 0.15) is 29.9 Å². The smallest absolute Gasteiger partial charge is 0.313 e. The van der Waals surface area contributed by atoms with Crippen molar-refractivity contribution in [3.8, 4) is 0 Å². The number of likely N-dealkylation sites (tertiary alicyclic amines) is 1. The molecule has 1 aromatic heterocycles. The normalized spacial score (nSPS) is 25.3. The summed E-state index contributed by atoms with van der Waals surface area (Å²) in [4.78, 5) is 59.8. The molecule has 6 rings (SSSR count). The first-order chi connectivity index (χ1) is 26.2. The second-order valence-electron chi connectivity index (χ2n) is 13.9. The van der Waals surface area contributed by atoms with Gasteiger partial charge in [0.15, 0.2) is 0 Å². The largest absolute Gasteiger partial charge is 0.455 e. The van der Waals surface area contributed by atoms with Crippen molar-refractivity contribution in [1.29, 1.82) is 0 Å². The van der Waals surface area contributed by atoms with Gasteiger partial charge in [-0.15, -0.1) is 18.3 Å². The number of allylic oxidation sites excluding steroid dienone is 1. The molecule has 15 heteroatoms. The summed E-state index contributed by atoms with van der Waals surface area (Å²) in [6.07, 6.45) is 3.33. The van der Waals surface area contributed by atoms with Crippen LogP contribution in [-0.2, 0) is 40.1 Å². The lowest BCUT2D eigenvalue weighted by molar-refractivity contribution is -0.163. The zero-order chi connectivity index (χ0) is 38.4. The lowest BCUT2D eigenvalue weighted by Gasteiger charge is -2.37. The lowest BCUT2D eigenvalue weighted by Crippen LogP contribution is -2.57. The Morgan fingerprint density at radius 1 is 1.15 bits per heavy atom. The van der Waals surface area contributed by atoms with Gasteiger partial charge in [-0.3, -0.25) is 19.2 Å². The maximum Gasteiger partial charge on any atom is 0.313 e. The maximum atomic E-state index is 14.9. The summed E-state index contributed by atoms with van der Waals surface area (Å²) in [6, 6.07) is 14.6. The number of rotatable bonds is 19. The highest BCUT2D eigenvalue weighted by Gasteiger charge is 2.77. The molecular weight excluding hydrogens is 760 g/mol. The van der Waals surface area contributed by atoms with Crippen LogP contribution in [0.1, 0.15) is 43.8 Å². The summed E-state index contributed by atoms with van der Waals surface area (Å²) in [7, 11) is 1.50. The number of benzene rings is 2. The van der Waals surface area contributed by atoms with Gasteiger partial charge in [0.25, 0.3) is 0 Å². The molecule has 3 saturated heterocycles. The molecule has 288 valence electrons. The number of halogens is 1. The van der Waals surface area contributed by atoms with Gasteiger partial charge < -0.3 is 34.4 Å². The Kier molecular flexibility index (Phi) is 12.6. The van der Waals surface area contributed by atoms with E-state index in [-0.39, 0.29) is 61.9 Å². The number of para-hydroxylation sites is 1. The minimum Gasteiger partial charge on any atom is -0.455 e. The van der Waals surface area contributed by atoms with Crippen molar-refractivity contribution in [1.82, 2.24) is 30.1 Å². The van der Waals surface area contributed by atoms with E-state index in [0.717, 1.165) is 5.52 Å². The highest BCUT2D eigenvalue weighted by Crippen LogP contribution is 2.60. The molecule has 14 nitrogen and oxygen atoms in total. The van der Waals surface area contributed by atoms with Gasteiger partial charge in [0.2, 0.25) is 17.7 Å². The van der Waals surface area contributed by atoms with Crippen LogP contribution in [0.5, 0.6) is 0 Å². The molecule has 2 aromatic carbocycles. The molecule has 3 amide bonds. The lowest BCUT2D eigenvalue weighted by atomic mass is 9.70. The molecular formula is C39H47BrN6O8. The maximum absolute atomic E-state index is 14.9. The van der Waals surface area contributed by atoms with Crippen LogP contribution in [-0.4, -0.2) is 116 Å². The first-order valence-corrected chi connectivity index (χ1v) is 19.2. The van der Waals surface area contributed by atoms with Crippen LogP contribution in [0.2, 0.25) is 0 Å². The topological polar surface area (TPSA) is 165 Å². The number of ether oxygens (including phenoxy) is 3. The monoisotopic (exact) mass is 806 g/mol. The fraction of sp³-hybridized carbons (Fsp3) is 0.487. The van der Waals surface area contributed by atoms with Crippen molar-refractivity contribution in [2.45, 2.75) is 73.5 Å². The Hall–Kier alpha value is -4.44. The standard InChI is InChI=1S/C39H47BrN6O8/c1-4-6-18-30(48)41-28(23-52-3)33(25-14-8-7-9-15-25)53-38(51)31-32-36(49)45(20-12-13-21-47)35(39(32)22-26(40)34(31)54-39)37(50)44(19-5-2)24-46-29-17-11-10-16-27(29)42-43-46/h4-5,7-11,14-17,26,28,31-35,47H,1-2,6,12-13,18-24H2,3H3,(H,41,48)/t26?,28-,31-,32+,33-,34-,35-,39+/m0/s1. The molecule has 3 fully saturated rings. The third kappa shape index (κ3) is 7.59. The molecule has 0 radical (unpaired) electrons. The van der Waals surface area contributed by atoms with E-state index >= 15 is 0 Å². The molecule has 3 aliphatic heterocycles. The summed E-state index contributed by atoms with van der Waals surface area (Å²) < 4.78 is 20.2. The highest BCUT2D eigenvalue weighted by atomic mass is 79.9. The Labute approximate surface area is 322 Å². The van der Waals surface area contributed by atoms with Crippen LogP contribution in [0.3, 0.4) is 0 Å². The van der Waals surface area contributed by atoms with Crippen molar-refractivity contribution >= 4 is 50.7 Å². The van der Waals surface area contributed by atoms with Gasteiger partial charge in [0.05, 0.1) is 36.1 Å². The Morgan fingerprint density at radius 3 is 2.63 bits per heavy atom. The molecule has 4 heterocycles. The summed E-state index contributed by atoms with van der Waals surface area (Å²) in [5.74, 6) is -3.79. The van der Waals surface area contributed by atoms with E-state index in [1.807, 2.05) is 42.5 Å². The number of carbonyl (C=O) groups excluding carboxylic acids is 4. The third-order valence-corrected chi connectivity index (χ3v) is 11.3. The van der Waals surface area contributed by atoms with Gasteiger partial charge in [-0.25, -0.2) is 4.68 Å². The average molecular weight is 808 g/mol.